The number of hydrogen-bond acceptors (Lipinski definition) is 3. The number of benzene rings is 2. The Morgan fingerprint density at radius 2 is 2.00 bits per heavy atom. The second kappa shape index (κ2) is 7.69. The minimum atomic E-state index is 0.379. The van der Waals surface area contributed by atoms with E-state index in [1.807, 2.05) is 36.4 Å². The van der Waals surface area contributed by atoms with Crippen LogP contribution in [0.2, 0.25) is 5.02 Å². The van der Waals surface area contributed by atoms with Gasteiger partial charge >= 0.3 is 0 Å². The number of rotatable bonds is 6. The van der Waals surface area contributed by atoms with Crippen molar-refractivity contribution in [2.45, 2.75) is 13.0 Å². The molecule has 0 unspecified atom stereocenters. The molecule has 2 N–H and O–H groups in total. The van der Waals surface area contributed by atoms with Gasteiger partial charge in [0, 0.05) is 10.0 Å². The molecular weight excluding hydrogens is 354 g/mol. The summed E-state index contributed by atoms with van der Waals surface area (Å²) < 4.78 is 12.2. The summed E-state index contributed by atoms with van der Waals surface area (Å²) in [6.45, 7) is 0.931. The summed E-state index contributed by atoms with van der Waals surface area (Å²) in [6, 6.07) is 11.5. The molecule has 0 saturated heterocycles. The van der Waals surface area contributed by atoms with E-state index in [2.05, 4.69) is 15.9 Å². The predicted octanol–water partition coefficient (Wildman–Crippen LogP) is 4.19. The van der Waals surface area contributed by atoms with Gasteiger partial charge in [-0.2, -0.15) is 0 Å². The highest BCUT2D eigenvalue weighted by Gasteiger charge is 2.10. The highest BCUT2D eigenvalue weighted by atomic mass is 79.9. The monoisotopic (exact) mass is 369 g/mol. The van der Waals surface area contributed by atoms with Crippen LogP contribution in [-0.4, -0.2) is 13.7 Å². The summed E-state index contributed by atoms with van der Waals surface area (Å²) in [4.78, 5) is 0. The fourth-order valence-electron chi connectivity index (χ4n) is 2.08. The number of ether oxygens (including phenoxy) is 2. The van der Waals surface area contributed by atoms with Gasteiger partial charge in [0.15, 0.2) is 0 Å². The zero-order valence-electron chi connectivity index (χ0n) is 11.7. The third-order valence-corrected chi connectivity index (χ3v) is 3.87. The number of nitrogens with two attached hydrogens (primary N) is 1. The number of halogens is 2. The van der Waals surface area contributed by atoms with Gasteiger partial charge < -0.3 is 15.2 Å². The second-order valence-corrected chi connectivity index (χ2v) is 5.83. The van der Waals surface area contributed by atoms with Crippen LogP contribution in [0.15, 0.2) is 40.9 Å². The molecular formula is C16H17BrClNO2. The maximum absolute atomic E-state index is 6.23. The van der Waals surface area contributed by atoms with Crippen LogP contribution in [0.4, 0.5) is 0 Å². The molecule has 0 aromatic heterocycles. The molecule has 0 aliphatic rings. The van der Waals surface area contributed by atoms with Crippen molar-refractivity contribution in [2.75, 3.05) is 13.7 Å². The van der Waals surface area contributed by atoms with E-state index >= 15 is 0 Å². The quantitative estimate of drug-likeness (QED) is 0.829. The number of methoxy groups -OCH3 is 1. The van der Waals surface area contributed by atoms with E-state index in [9.17, 15) is 0 Å². The largest absolute Gasteiger partial charge is 0.496 e. The molecule has 2 aromatic rings. The van der Waals surface area contributed by atoms with Crippen LogP contribution in [0.3, 0.4) is 0 Å². The maximum Gasteiger partial charge on any atom is 0.141 e. The Morgan fingerprint density at radius 1 is 1.19 bits per heavy atom. The third kappa shape index (κ3) is 4.13. The van der Waals surface area contributed by atoms with Crippen molar-refractivity contribution in [1.82, 2.24) is 0 Å². The third-order valence-electron chi connectivity index (χ3n) is 3.08. The molecule has 0 heterocycles. The summed E-state index contributed by atoms with van der Waals surface area (Å²) in [7, 11) is 1.64. The molecule has 0 radical (unpaired) electrons. The van der Waals surface area contributed by atoms with Crippen LogP contribution < -0.4 is 15.2 Å². The van der Waals surface area contributed by atoms with Crippen LogP contribution in [0, 0.1) is 0 Å². The average Bonchev–Trinajstić information content (AvgIpc) is 2.47. The van der Waals surface area contributed by atoms with Crippen LogP contribution in [-0.2, 0) is 13.0 Å². The SMILES string of the molecule is COc1ccc(Br)cc1COc1c(Cl)cccc1CCN. The Balaban J connectivity index is 2.22. The molecule has 0 atom stereocenters. The van der Waals surface area contributed by atoms with Crippen LogP contribution in [0.25, 0.3) is 0 Å². The van der Waals surface area contributed by atoms with Crippen molar-refractivity contribution < 1.29 is 9.47 Å². The summed E-state index contributed by atoms with van der Waals surface area (Å²) in [5, 5.41) is 0.593. The lowest BCUT2D eigenvalue weighted by atomic mass is 10.1. The Morgan fingerprint density at radius 3 is 2.71 bits per heavy atom. The topological polar surface area (TPSA) is 44.5 Å². The van der Waals surface area contributed by atoms with E-state index < -0.39 is 0 Å². The normalized spacial score (nSPS) is 10.5. The number of hydrogen-bond donors (Lipinski definition) is 1. The van der Waals surface area contributed by atoms with Crippen molar-refractivity contribution in [3.05, 3.63) is 57.0 Å². The van der Waals surface area contributed by atoms with E-state index in [4.69, 9.17) is 26.8 Å². The molecule has 0 saturated carbocycles. The van der Waals surface area contributed by atoms with Gasteiger partial charge in [-0.1, -0.05) is 39.7 Å². The summed E-state index contributed by atoms with van der Waals surface area (Å²) >= 11 is 9.68. The maximum atomic E-state index is 6.23. The van der Waals surface area contributed by atoms with Crippen LogP contribution in [0.5, 0.6) is 11.5 Å². The van der Waals surface area contributed by atoms with Crippen molar-refractivity contribution in [2.24, 2.45) is 5.73 Å². The minimum absolute atomic E-state index is 0.379. The van der Waals surface area contributed by atoms with Gasteiger partial charge in [-0.25, -0.2) is 0 Å². The molecule has 21 heavy (non-hydrogen) atoms. The smallest absolute Gasteiger partial charge is 0.141 e. The summed E-state index contributed by atoms with van der Waals surface area (Å²) in [6.07, 6.45) is 0.728. The first-order valence-corrected chi connectivity index (χ1v) is 7.75. The van der Waals surface area contributed by atoms with Gasteiger partial charge in [-0.05, 0) is 42.8 Å². The molecule has 0 fully saturated rings. The lowest BCUT2D eigenvalue weighted by Crippen LogP contribution is -2.06. The zero-order chi connectivity index (χ0) is 15.2. The fourth-order valence-corrected chi connectivity index (χ4v) is 2.73. The van der Waals surface area contributed by atoms with Crippen LogP contribution in [0.1, 0.15) is 11.1 Å². The first-order chi connectivity index (χ1) is 10.2. The molecule has 3 nitrogen and oxygen atoms in total. The Kier molecular flexibility index (Phi) is 5.91. The van der Waals surface area contributed by atoms with E-state index in [0.29, 0.717) is 23.9 Å². The van der Waals surface area contributed by atoms with Gasteiger partial charge in [0.1, 0.15) is 18.1 Å². The summed E-state index contributed by atoms with van der Waals surface area (Å²) in [5.41, 5.74) is 7.59. The Hall–Kier alpha value is -1.23. The second-order valence-electron chi connectivity index (χ2n) is 4.51. The first kappa shape index (κ1) is 16.1. The predicted molar refractivity (Wildman–Crippen MR) is 89.2 cm³/mol. The highest BCUT2D eigenvalue weighted by Crippen LogP contribution is 2.31. The van der Waals surface area contributed by atoms with Crippen molar-refractivity contribution in [3.63, 3.8) is 0 Å². The highest BCUT2D eigenvalue weighted by molar-refractivity contribution is 9.10. The standard InChI is InChI=1S/C16H17BrClNO2/c1-20-15-6-5-13(17)9-12(15)10-21-16-11(7-8-19)3-2-4-14(16)18/h2-6,9H,7-8,10,19H2,1H3. The lowest BCUT2D eigenvalue weighted by molar-refractivity contribution is 0.294. The molecule has 0 aliphatic carbocycles. The molecule has 0 aliphatic heterocycles. The van der Waals surface area contributed by atoms with Crippen molar-refractivity contribution in [3.8, 4) is 11.5 Å². The van der Waals surface area contributed by atoms with Crippen molar-refractivity contribution in [1.29, 1.82) is 0 Å². The van der Waals surface area contributed by atoms with E-state index in [1.165, 1.54) is 0 Å². The van der Waals surface area contributed by atoms with E-state index in [1.54, 1.807) is 7.11 Å². The molecule has 5 heteroatoms. The molecule has 2 rings (SSSR count). The molecule has 0 spiro atoms. The molecule has 0 bridgehead atoms. The lowest BCUT2D eigenvalue weighted by Gasteiger charge is -2.14. The van der Waals surface area contributed by atoms with Gasteiger partial charge in [0.05, 0.1) is 12.1 Å². The van der Waals surface area contributed by atoms with Crippen LogP contribution >= 0.6 is 27.5 Å². The van der Waals surface area contributed by atoms with Gasteiger partial charge in [-0.15, -0.1) is 0 Å². The van der Waals surface area contributed by atoms with Crippen molar-refractivity contribution >= 4 is 27.5 Å². The van der Waals surface area contributed by atoms with Gasteiger partial charge in [-0.3, -0.25) is 0 Å². The molecule has 0 amide bonds. The molecule has 112 valence electrons. The Bertz CT molecular complexity index is 619. The minimum Gasteiger partial charge on any atom is -0.496 e. The Labute approximate surface area is 138 Å². The zero-order valence-corrected chi connectivity index (χ0v) is 14.1. The van der Waals surface area contributed by atoms with Gasteiger partial charge in [0.2, 0.25) is 0 Å². The number of para-hydroxylation sites is 1. The summed E-state index contributed by atoms with van der Waals surface area (Å²) in [5.74, 6) is 1.47. The fraction of sp³-hybridized carbons (Fsp3) is 0.250. The average molecular weight is 371 g/mol. The van der Waals surface area contributed by atoms with Gasteiger partial charge in [0.25, 0.3) is 0 Å². The first-order valence-electron chi connectivity index (χ1n) is 6.58. The van der Waals surface area contributed by atoms with E-state index in [0.717, 1.165) is 27.8 Å². The molecule has 2 aromatic carbocycles. The van der Waals surface area contributed by atoms with E-state index in [-0.39, 0.29) is 0 Å².